The molecule has 0 bridgehead atoms. The first-order valence-electron chi connectivity index (χ1n) is 8.59. The van der Waals surface area contributed by atoms with Gasteiger partial charge in [0.05, 0.1) is 16.8 Å². The number of benzene rings is 3. The summed E-state index contributed by atoms with van der Waals surface area (Å²) in [6, 6.07) is 18.6. The van der Waals surface area contributed by atoms with Crippen molar-refractivity contribution in [3.05, 3.63) is 93.8 Å². The summed E-state index contributed by atoms with van der Waals surface area (Å²) < 4.78 is 20.2. The second kappa shape index (κ2) is 8.19. The lowest BCUT2D eigenvalue weighted by atomic mass is 10.1. The SMILES string of the molecule is O=C(Nc1ccc(F)c(Cl)c1)c1ccccc1-c1ncc(-c2cccc(Br)c2)o1. The number of nitrogens with zero attached hydrogens (tertiary/aromatic N) is 1. The average Bonchev–Trinajstić information content (AvgIpc) is 3.21. The van der Waals surface area contributed by atoms with Gasteiger partial charge in [0.1, 0.15) is 5.82 Å². The number of amides is 1. The molecule has 4 aromatic rings. The maximum Gasteiger partial charge on any atom is 0.256 e. The topological polar surface area (TPSA) is 55.1 Å². The van der Waals surface area contributed by atoms with Crippen LogP contribution in [-0.4, -0.2) is 10.9 Å². The Morgan fingerprint density at radius 3 is 2.69 bits per heavy atom. The van der Waals surface area contributed by atoms with E-state index in [9.17, 15) is 9.18 Å². The van der Waals surface area contributed by atoms with Gasteiger partial charge in [0.15, 0.2) is 5.76 Å². The predicted octanol–water partition coefficient (Wildman–Crippen LogP) is 6.82. The Hall–Kier alpha value is -2.96. The number of hydrogen-bond acceptors (Lipinski definition) is 3. The van der Waals surface area contributed by atoms with Crippen molar-refractivity contribution in [1.29, 1.82) is 0 Å². The van der Waals surface area contributed by atoms with Crippen LogP contribution in [0.1, 0.15) is 10.4 Å². The molecule has 4 rings (SSSR count). The first-order chi connectivity index (χ1) is 14.0. The largest absolute Gasteiger partial charge is 0.436 e. The molecule has 1 heterocycles. The number of carbonyl (C=O) groups is 1. The molecule has 29 heavy (non-hydrogen) atoms. The molecule has 0 saturated carbocycles. The summed E-state index contributed by atoms with van der Waals surface area (Å²) in [5, 5.41) is 2.65. The van der Waals surface area contributed by atoms with Crippen LogP contribution in [-0.2, 0) is 0 Å². The van der Waals surface area contributed by atoms with Gasteiger partial charge in [0.2, 0.25) is 5.89 Å². The van der Waals surface area contributed by atoms with Gasteiger partial charge in [0.25, 0.3) is 5.91 Å². The van der Waals surface area contributed by atoms with Crippen molar-refractivity contribution in [3.63, 3.8) is 0 Å². The van der Waals surface area contributed by atoms with Gasteiger partial charge in [-0.1, -0.05) is 51.8 Å². The van der Waals surface area contributed by atoms with Gasteiger partial charge in [-0.25, -0.2) is 9.37 Å². The summed E-state index contributed by atoms with van der Waals surface area (Å²) in [4.78, 5) is 17.1. The number of aromatic nitrogens is 1. The summed E-state index contributed by atoms with van der Waals surface area (Å²) in [6.07, 6.45) is 1.62. The standard InChI is InChI=1S/C22H13BrClFN2O2/c23-14-5-3-4-13(10-14)20-12-26-22(29-20)17-7-2-1-6-16(17)21(28)27-15-8-9-19(25)18(24)11-15/h1-12H,(H,27,28). The molecule has 1 N–H and O–H groups in total. The van der Waals surface area contributed by atoms with Gasteiger partial charge in [-0.3, -0.25) is 4.79 Å². The Morgan fingerprint density at radius 2 is 1.90 bits per heavy atom. The monoisotopic (exact) mass is 470 g/mol. The lowest BCUT2D eigenvalue weighted by molar-refractivity contribution is 0.102. The first kappa shape index (κ1) is 19.4. The molecule has 0 unspecified atom stereocenters. The molecule has 1 amide bonds. The maximum atomic E-state index is 13.3. The van der Waals surface area contributed by atoms with E-state index in [2.05, 4.69) is 26.2 Å². The quantitative estimate of drug-likeness (QED) is 0.355. The molecule has 1 aromatic heterocycles. The number of hydrogen-bond donors (Lipinski definition) is 1. The molecule has 0 radical (unpaired) electrons. The van der Waals surface area contributed by atoms with E-state index in [1.165, 1.54) is 18.2 Å². The Bertz CT molecular complexity index is 1210. The van der Waals surface area contributed by atoms with E-state index in [0.29, 0.717) is 28.5 Å². The van der Waals surface area contributed by atoms with Crippen molar-refractivity contribution in [2.24, 2.45) is 0 Å². The zero-order valence-corrected chi connectivity index (χ0v) is 17.2. The molecular formula is C22H13BrClFN2O2. The Labute approximate surface area is 179 Å². The number of anilines is 1. The van der Waals surface area contributed by atoms with Crippen molar-refractivity contribution >= 4 is 39.1 Å². The Kier molecular flexibility index (Phi) is 5.47. The molecule has 0 fully saturated rings. The van der Waals surface area contributed by atoms with Crippen molar-refractivity contribution < 1.29 is 13.6 Å². The van der Waals surface area contributed by atoms with Gasteiger partial charge >= 0.3 is 0 Å². The number of halogens is 3. The third-order valence-corrected chi connectivity index (χ3v) is 4.98. The smallest absolute Gasteiger partial charge is 0.256 e. The first-order valence-corrected chi connectivity index (χ1v) is 9.76. The van der Waals surface area contributed by atoms with Crippen LogP contribution < -0.4 is 5.32 Å². The van der Waals surface area contributed by atoms with Crippen LogP contribution in [0.15, 0.2) is 81.8 Å². The van der Waals surface area contributed by atoms with E-state index >= 15 is 0 Å². The molecule has 0 aliphatic rings. The third kappa shape index (κ3) is 4.23. The molecule has 3 aromatic carbocycles. The lowest BCUT2D eigenvalue weighted by Gasteiger charge is -2.09. The van der Waals surface area contributed by atoms with Gasteiger partial charge in [-0.05, 0) is 42.5 Å². The van der Waals surface area contributed by atoms with Crippen LogP contribution in [0.4, 0.5) is 10.1 Å². The molecule has 7 heteroatoms. The van der Waals surface area contributed by atoms with E-state index < -0.39 is 5.82 Å². The van der Waals surface area contributed by atoms with Crippen LogP contribution in [0.3, 0.4) is 0 Å². The predicted molar refractivity (Wildman–Crippen MR) is 114 cm³/mol. The minimum atomic E-state index is -0.551. The number of rotatable bonds is 4. The van der Waals surface area contributed by atoms with Crippen molar-refractivity contribution in [2.75, 3.05) is 5.32 Å². The summed E-state index contributed by atoms with van der Waals surface area (Å²) in [6.45, 7) is 0. The molecule has 0 aliphatic carbocycles. The maximum absolute atomic E-state index is 13.3. The number of nitrogens with one attached hydrogen (secondary N) is 1. The van der Waals surface area contributed by atoms with Crippen LogP contribution in [0.25, 0.3) is 22.8 Å². The zero-order valence-electron chi connectivity index (χ0n) is 14.8. The highest BCUT2D eigenvalue weighted by Crippen LogP contribution is 2.30. The van der Waals surface area contributed by atoms with E-state index in [1.54, 1.807) is 30.5 Å². The van der Waals surface area contributed by atoms with E-state index in [4.69, 9.17) is 16.0 Å². The Morgan fingerprint density at radius 1 is 1.07 bits per heavy atom. The zero-order chi connectivity index (χ0) is 20.4. The fraction of sp³-hybridized carbons (Fsp3) is 0. The lowest BCUT2D eigenvalue weighted by Crippen LogP contribution is -2.13. The molecule has 4 nitrogen and oxygen atoms in total. The summed E-state index contributed by atoms with van der Waals surface area (Å²) in [5.41, 5.74) is 2.16. The highest BCUT2D eigenvalue weighted by Gasteiger charge is 2.17. The van der Waals surface area contributed by atoms with Gasteiger partial charge in [0, 0.05) is 21.3 Å². The van der Waals surface area contributed by atoms with E-state index in [1.807, 2.05) is 24.3 Å². The highest BCUT2D eigenvalue weighted by molar-refractivity contribution is 9.10. The normalized spacial score (nSPS) is 10.7. The fourth-order valence-electron chi connectivity index (χ4n) is 2.81. The number of carbonyl (C=O) groups excluding carboxylic acids is 1. The fourth-order valence-corrected chi connectivity index (χ4v) is 3.39. The molecular weight excluding hydrogens is 459 g/mol. The molecule has 0 spiro atoms. The number of oxazole rings is 1. The van der Waals surface area contributed by atoms with Crippen LogP contribution in [0.2, 0.25) is 5.02 Å². The van der Waals surface area contributed by atoms with Crippen molar-refractivity contribution in [2.45, 2.75) is 0 Å². The average molecular weight is 472 g/mol. The summed E-state index contributed by atoms with van der Waals surface area (Å²) >= 11 is 9.22. The van der Waals surface area contributed by atoms with Crippen molar-refractivity contribution in [1.82, 2.24) is 4.98 Å². The second-order valence-corrected chi connectivity index (χ2v) is 7.49. The van der Waals surface area contributed by atoms with Gasteiger partial charge < -0.3 is 9.73 Å². The Balaban J connectivity index is 1.65. The molecule has 0 aliphatic heterocycles. The molecule has 0 saturated heterocycles. The summed E-state index contributed by atoms with van der Waals surface area (Å²) in [7, 11) is 0. The van der Waals surface area contributed by atoms with Crippen LogP contribution in [0.5, 0.6) is 0 Å². The minimum Gasteiger partial charge on any atom is -0.436 e. The van der Waals surface area contributed by atoms with Gasteiger partial charge in [-0.15, -0.1) is 0 Å². The van der Waals surface area contributed by atoms with Gasteiger partial charge in [-0.2, -0.15) is 0 Å². The highest BCUT2D eigenvalue weighted by atomic mass is 79.9. The second-order valence-electron chi connectivity index (χ2n) is 6.17. The van der Waals surface area contributed by atoms with Crippen molar-refractivity contribution in [3.8, 4) is 22.8 Å². The van der Waals surface area contributed by atoms with E-state index in [0.717, 1.165) is 10.0 Å². The van der Waals surface area contributed by atoms with E-state index in [-0.39, 0.29) is 10.9 Å². The molecule has 144 valence electrons. The third-order valence-electron chi connectivity index (χ3n) is 4.19. The molecule has 0 atom stereocenters. The summed E-state index contributed by atoms with van der Waals surface area (Å²) in [5.74, 6) is -0.0277. The van der Waals surface area contributed by atoms with Crippen LogP contribution in [0, 0.1) is 5.82 Å². The van der Waals surface area contributed by atoms with Crippen LogP contribution >= 0.6 is 27.5 Å². The minimum absolute atomic E-state index is 0.0672.